The highest BCUT2D eigenvalue weighted by Crippen LogP contribution is 2.25. The summed E-state index contributed by atoms with van der Waals surface area (Å²) >= 11 is 0. The van der Waals surface area contributed by atoms with Crippen LogP contribution in [0.4, 0.5) is 0 Å². The lowest BCUT2D eigenvalue weighted by atomic mass is 9.83. The number of amides is 2. The van der Waals surface area contributed by atoms with E-state index in [-0.39, 0.29) is 23.8 Å². The third-order valence-electron chi connectivity index (χ3n) is 5.60. The summed E-state index contributed by atoms with van der Waals surface area (Å²) in [6.45, 7) is 6.07. The molecule has 3 atom stereocenters. The number of aromatic nitrogens is 1. The number of carbonyl (C=O) groups is 2. The fraction of sp³-hybridized carbons (Fsp3) is 0.522. The maximum Gasteiger partial charge on any atom is 0.253 e. The van der Waals surface area contributed by atoms with E-state index in [0.29, 0.717) is 17.9 Å². The van der Waals surface area contributed by atoms with Crippen LogP contribution < -0.4 is 10.6 Å². The molecule has 29 heavy (non-hydrogen) atoms. The van der Waals surface area contributed by atoms with E-state index in [1.807, 2.05) is 55.8 Å². The van der Waals surface area contributed by atoms with Gasteiger partial charge in [-0.05, 0) is 49.8 Å². The van der Waals surface area contributed by atoms with Gasteiger partial charge in [0.15, 0.2) is 0 Å². The van der Waals surface area contributed by atoms with E-state index in [2.05, 4.69) is 16.7 Å². The molecular formula is C23H30N4O2. The average Bonchev–Trinajstić information content (AvgIpc) is 3.10. The largest absolute Gasteiger partial charge is 0.348 e. The molecule has 2 aromatic rings. The molecule has 0 aliphatic heterocycles. The van der Waals surface area contributed by atoms with Crippen LogP contribution in [0, 0.1) is 30.1 Å². The highest BCUT2D eigenvalue weighted by atomic mass is 16.2. The Bertz CT molecular complexity index is 925. The van der Waals surface area contributed by atoms with Gasteiger partial charge in [0.25, 0.3) is 5.91 Å². The van der Waals surface area contributed by atoms with Crippen molar-refractivity contribution < 1.29 is 9.59 Å². The van der Waals surface area contributed by atoms with Crippen LogP contribution in [-0.2, 0) is 4.79 Å². The number of fused-ring (bicyclic) bond motifs is 1. The van der Waals surface area contributed by atoms with Crippen LogP contribution in [0.15, 0.2) is 30.6 Å². The zero-order chi connectivity index (χ0) is 21.0. The number of nitrogens with zero attached hydrogens (tertiary/aromatic N) is 2. The molecule has 2 aromatic heterocycles. The van der Waals surface area contributed by atoms with Crippen molar-refractivity contribution in [2.45, 2.75) is 65.0 Å². The van der Waals surface area contributed by atoms with Crippen molar-refractivity contribution in [2.24, 2.45) is 11.8 Å². The Balaban J connectivity index is 1.69. The Labute approximate surface area is 172 Å². The molecule has 3 rings (SSSR count). The van der Waals surface area contributed by atoms with E-state index in [0.717, 1.165) is 36.8 Å². The summed E-state index contributed by atoms with van der Waals surface area (Å²) in [6.07, 6.45) is 7.89. The van der Waals surface area contributed by atoms with E-state index < -0.39 is 6.04 Å². The summed E-state index contributed by atoms with van der Waals surface area (Å²) in [6, 6.07) is 7.35. The molecule has 2 amide bonds. The molecule has 2 heterocycles. The van der Waals surface area contributed by atoms with Crippen molar-refractivity contribution in [3.8, 4) is 6.07 Å². The second-order valence-electron chi connectivity index (χ2n) is 8.56. The molecule has 1 aliphatic carbocycles. The predicted molar refractivity (Wildman–Crippen MR) is 112 cm³/mol. The van der Waals surface area contributed by atoms with Crippen LogP contribution in [0.1, 0.15) is 61.9 Å². The van der Waals surface area contributed by atoms with E-state index >= 15 is 0 Å². The van der Waals surface area contributed by atoms with Gasteiger partial charge < -0.3 is 15.0 Å². The zero-order valence-corrected chi connectivity index (χ0v) is 17.4. The normalized spacial score (nSPS) is 20.2. The number of aryl methyl sites for hydroxylation is 1. The van der Waals surface area contributed by atoms with Gasteiger partial charge in [-0.15, -0.1) is 0 Å². The SMILES string of the molecule is Cc1ccc2cc(C(=O)N[C@H]3CCCC[C@H]3C(=O)N[C@H](C#N)CC(C)C)cn2c1. The van der Waals surface area contributed by atoms with E-state index in [4.69, 9.17) is 0 Å². The lowest BCUT2D eigenvalue weighted by Gasteiger charge is -2.31. The Kier molecular flexibility index (Phi) is 6.58. The van der Waals surface area contributed by atoms with Gasteiger partial charge in [-0.3, -0.25) is 9.59 Å². The van der Waals surface area contributed by atoms with Crippen LogP contribution >= 0.6 is 0 Å². The zero-order valence-electron chi connectivity index (χ0n) is 17.4. The number of carbonyl (C=O) groups excluding carboxylic acids is 2. The Morgan fingerprint density at radius 3 is 2.72 bits per heavy atom. The third kappa shape index (κ3) is 5.17. The van der Waals surface area contributed by atoms with Crippen LogP contribution in [0.5, 0.6) is 0 Å². The minimum absolute atomic E-state index is 0.125. The number of pyridine rings is 1. The van der Waals surface area contributed by atoms with Crippen molar-refractivity contribution >= 4 is 17.3 Å². The summed E-state index contributed by atoms with van der Waals surface area (Å²) in [5.41, 5.74) is 2.68. The summed E-state index contributed by atoms with van der Waals surface area (Å²) in [7, 11) is 0. The van der Waals surface area contributed by atoms with Crippen molar-refractivity contribution in [3.63, 3.8) is 0 Å². The molecule has 0 radical (unpaired) electrons. The van der Waals surface area contributed by atoms with Crippen LogP contribution in [0.2, 0.25) is 0 Å². The number of hydrogen-bond donors (Lipinski definition) is 2. The summed E-state index contributed by atoms with van der Waals surface area (Å²) in [5, 5.41) is 15.3. The lowest BCUT2D eigenvalue weighted by Crippen LogP contribution is -2.50. The Hall–Kier alpha value is -2.81. The number of nitriles is 1. The molecule has 154 valence electrons. The van der Waals surface area contributed by atoms with Gasteiger partial charge in [0.2, 0.25) is 5.91 Å². The number of hydrogen-bond acceptors (Lipinski definition) is 3. The molecule has 6 heteroatoms. The van der Waals surface area contributed by atoms with Crippen molar-refractivity contribution in [3.05, 3.63) is 41.7 Å². The van der Waals surface area contributed by atoms with Gasteiger partial charge in [0.05, 0.1) is 17.6 Å². The molecule has 1 saturated carbocycles. The second-order valence-corrected chi connectivity index (χ2v) is 8.56. The second kappa shape index (κ2) is 9.13. The standard InChI is InChI=1S/C23H30N4O2/c1-15(2)10-18(12-24)25-23(29)20-6-4-5-7-21(20)26-22(28)17-11-19-9-8-16(3)13-27(19)14-17/h8-9,11,13-15,18,20-21H,4-7,10H2,1-3H3,(H,25,29)(H,26,28)/t18-,20+,21-/m0/s1. The van der Waals surface area contributed by atoms with Gasteiger partial charge >= 0.3 is 0 Å². The van der Waals surface area contributed by atoms with Crippen molar-refractivity contribution in [1.29, 1.82) is 5.26 Å². The first-order chi connectivity index (χ1) is 13.9. The van der Waals surface area contributed by atoms with Gasteiger partial charge in [-0.2, -0.15) is 5.26 Å². The fourth-order valence-electron chi connectivity index (χ4n) is 4.11. The minimum Gasteiger partial charge on any atom is -0.348 e. The summed E-state index contributed by atoms with van der Waals surface area (Å²) in [4.78, 5) is 25.7. The smallest absolute Gasteiger partial charge is 0.253 e. The van der Waals surface area contributed by atoms with Gasteiger partial charge in [-0.25, -0.2) is 0 Å². The highest BCUT2D eigenvalue weighted by Gasteiger charge is 2.33. The molecule has 1 aliphatic rings. The van der Waals surface area contributed by atoms with Gasteiger partial charge in [0.1, 0.15) is 6.04 Å². The monoisotopic (exact) mass is 394 g/mol. The molecule has 6 nitrogen and oxygen atoms in total. The highest BCUT2D eigenvalue weighted by molar-refractivity contribution is 5.96. The number of rotatable bonds is 6. The minimum atomic E-state index is -0.485. The molecule has 0 aromatic carbocycles. The molecule has 0 bridgehead atoms. The Morgan fingerprint density at radius 1 is 1.24 bits per heavy atom. The van der Waals surface area contributed by atoms with Gasteiger partial charge in [-0.1, -0.05) is 32.8 Å². The molecule has 1 fully saturated rings. The molecule has 2 N–H and O–H groups in total. The van der Waals surface area contributed by atoms with Gasteiger partial charge in [0, 0.05) is 24.0 Å². The van der Waals surface area contributed by atoms with Crippen molar-refractivity contribution in [2.75, 3.05) is 0 Å². The third-order valence-corrected chi connectivity index (χ3v) is 5.60. The lowest BCUT2D eigenvalue weighted by molar-refractivity contribution is -0.127. The van der Waals surface area contributed by atoms with E-state index in [1.165, 1.54) is 0 Å². The Morgan fingerprint density at radius 2 is 2.00 bits per heavy atom. The van der Waals surface area contributed by atoms with Crippen LogP contribution in [-0.4, -0.2) is 28.3 Å². The topological polar surface area (TPSA) is 86.4 Å². The first-order valence-corrected chi connectivity index (χ1v) is 10.5. The molecule has 0 spiro atoms. The molecular weight excluding hydrogens is 364 g/mol. The predicted octanol–water partition coefficient (Wildman–Crippen LogP) is 3.59. The maximum absolute atomic E-state index is 12.9. The summed E-state index contributed by atoms with van der Waals surface area (Å²) < 4.78 is 1.94. The fourth-order valence-corrected chi connectivity index (χ4v) is 4.11. The first kappa shape index (κ1) is 20.9. The molecule has 0 unspecified atom stereocenters. The first-order valence-electron chi connectivity index (χ1n) is 10.5. The average molecular weight is 395 g/mol. The maximum atomic E-state index is 12.9. The number of nitrogens with one attached hydrogen (secondary N) is 2. The molecule has 0 saturated heterocycles. The van der Waals surface area contributed by atoms with Crippen LogP contribution in [0.3, 0.4) is 0 Å². The van der Waals surface area contributed by atoms with Crippen LogP contribution in [0.25, 0.3) is 5.52 Å². The summed E-state index contributed by atoms with van der Waals surface area (Å²) in [5.74, 6) is -0.251. The quantitative estimate of drug-likeness (QED) is 0.785. The van der Waals surface area contributed by atoms with E-state index in [9.17, 15) is 14.9 Å². The van der Waals surface area contributed by atoms with Crippen molar-refractivity contribution in [1.82, 2.24) is 15.0 Å². The van der Waals surface area contributed by atoms with E-state index in [1.54, 1.807) is 0 Å².